The Hall–Kier alpha value is -0.750. The Bertz CT molecular complexity index is 221. The number of hydrogen-bond donors (Lipinski definition) is 4. The molecule has 0 heterocycles. The van der Waals surface area contributed by atoms with Crippen molar-refractivity contribution >= 4 is 22.9 Å². The van der Waals surface area contributed by atoms with Crippen LogP contribution in [0.4, 0.5) is 0 Å². The second-order valence-corrected chi connectivity index (χ2v) is 5.05. The van der Waals surface area contributed by atoms with Gasteiger partial charge in [0.15, 0.2) is 5.17 Å². The molecule has 0 unspecified atom stereocenters. The molecule has 88 valence electrons. The molecule has 0 saturated heterocycles. The maximum Gasteiger partial charge on any atom is 0.326 e. The van der Waals surface area contributed by atoms with Crippen LogP contribution >= 0.6 is 11.8 Å². The van der Waals surface area contributed by atoms with Gasteiger partial charge in [0, 0.05) is 5.25 Å². The lowest BCUT2D eigenvalue weighted by Gasteiger charge is -2.16. The molecule has 15 heavy (non-hydrogen) atoms. The van der Waals surface area contributed by atoms with Crippen molar-refractivity contribution in [2.45, 2.75) is 38.0 Å². The molecule has 0 amide bonds. The number of carbonyl (C=O) groups is 1. The van der Waals surface area contributed by atoms with Crippen LogP contribution in [0.1, 0.15) is 26.7 Å². The molecule has 0 aliphatic rings. The summed E-state index contributed by atoms with van der Waals surface area (Å²) in [5, 5.41) is 19.6. The maximum atomic E-state index is 10.8. The van der Waals surface area contributed by atoms with Gasteiger partial charge in [0.25, 0.3) is 0 Å². The zero-order valence-corrected chi connectivity index (χ0v) is 9.93. The molecule has 6 heteroatoms. The minimum Gasteiger partial charge on any atom is -0.480 e. The lowest BCUT2D eigenvalue weighted by molar-refractivity contribution is -0.139. The van der Waals surface area contributed by atoms with Crippen LogP contribution in [0.15, 0.2) is 0 Å². The van der Waals surface area contributed by atoms with Crippen LogP contribution in [0, 0.1) is 5.41 Å². The fourth-order valence-corrected chi connectivity index (χ4v) is 1.69. The normalized spacial score (nSPS) is 12.5. The molecule has 0 saturated carbocycles. The summed E-state index contributed by atoms with van der Waals surface area (Å²) in [4.78, 5) is 10.8. The smallest absolute Gasteiger partial charge is 0.326 e. The molecular weight excluding hydrogens is 214 g/mol. The molecule has 5 nitrogen and oxygen atoms in total. The summed E-state index contributed by atoms with van der Waals surface area (Å²) in [6.45, 7) is 4.38. The summed E-state index contributed by atoms with van der Waals surface area (Å²) >= 11 is 1.31. The van der Waals surface area contributed by atoms with Gasteiger partial charge in [-0.15, -0.1) is 0 Å². The second kappa shape index (κ2) is 7.53. The van der Waals surface area contributed by atoms with Gasteiger partial charge in [-0.25, -0.2) is 4.79 Å². The van der Waals surface area contributed by atoms with Gasteiger partial charge in [-0.3, -0.25) is 5.41 Å². The minimum atomic E-state index is -0.933. The maximum absolute atomic E-state index is 10.8. The van der Waals surface area contributed by atoms with Crippen LogP contribution in [-0.4, -0.2) is 34.1 Å². The molecule has 0 radical (unpaired) electrons. The second-order valence-electron chi connectivity index (χ2n) is 3.46. The number of carboxylic acids is 1. The van der Waals surface area contributed by atoms with Crippen LogP contribution in [0.3, 0.4) is 0 Å². The van der Waals surface area contributed by atoms with Crippen molar-refractivity contribution in [3.05, 3.63) is 0 Å². The summed E-state index contributed by atoms with van der Waals surface area (Å²) < 4.78 is 0. The zero-order valence-electron chi connectivity index (χ0n) is 9.12. The molecule has 0 bridgehead atoms. The predicted octanol–water partition coefficient (Wildman–Crippen LogP) is 0.844. The molecule has 0 fully saturated rings. The van der Waals surface area contributed by atoms with E-state index in [0.29, 0.717) is 19.4 Å². The highest BCUT2D eigenvalue weighted by molar-refractivity contribution is 8.14. The Balaban J connectivity index is 4.04. The quantitative estimate of drug-likeness (QED) is 0.402. The van der Waals surface area contributed by atoms with E-state index in [9.17, 15) is 4.79 Å². The van der Waals surface area contributed by atoms with Crippen molar-refractivity contribution in [1.29, 1.82) is 5.41 Å². The predicted molar refractivity (Wildman–Crippen MR) is 63.3 cm³/mol. The molecular formula is C9H19N3O2S. The summed E-state index contributed by atoms with van der Waals surface area (Å²) in [6.07, 6.45) is 1.09. The molecule has 0 aliphatic carbocycles. The molecule has 0 aromatic heterocycles. The van der Waals surface area contributed by atoms with Crippen LogP contribution in [-0.2, 0) is 4.79 Å². The van der Waals surface area contributed by atoms with E-state index >= 15 is 0 Å². The number of hydrogen-bond acceptors (Lipinski definition) is 4. The first-order valence-corrected chi connectivity index (χ1v) is 5.80. The fourth-order valence-electron chi connectivity index (χ4n) is 1.01. The van der Waals surface area contributed by atoms with Crippen LogP contribution in [0.2, 0.25) is 0 Å². The first-order valence-electron chi connectivity index (χ1n) is 4.92. The largest absolute Gasteiger partial charge is 0.480 e. The molecule has 0 spiro atoms. The van der Waals surface area contributed by atoms with Crippen molar-refractivity contribution in [3.8, 4) is 0 Å². The van der Waals surface area contributed by atoms with Crippen LogP contribution in [0.5, 0.6) is 0 Å². The monoisotopic (exact) mass is 233 g/mol. The van der Waals surface area contributed by atoms with Crippen LogP contribution < -0.4 is 11.1 Å². The number of rotatable bonds is 6. The van der Waals surface area contributed by atoms with Crippen molar-refractivity contribution < 1.29 is 9.90 Å². The van der Waals surface area contributed by atoms with Gasteiger partial charge in [-0.05, 0) is 19.4 Å². The van der Waals surface area contributed by atoms with Gasteiger partial charge in [0.1, 0.15) is 6.04 Å². The fraction of sp³-hybridized carbons (Fsp3) is 0.778. The number of thioether (sulfide) groups is 1. The first kappa shape index (κ1) is 14.2. The number of nitrogens with two attached hydrogens (primary N) is 1. The molecule has 5 N–H and O–H groups in total. The Morgan fingerprint density at radius 1 is 1.60 bits per heavy atom. The van der Waals surface area contributed by atoms with Crippen molar-refractivity contribution in [2.24, 2.45) is 5.73 Å². The molecule has 1 atom stereocenters. The number of nitrogens with one attached hydrogen (secondary N) is 2. The average Bonchev–Trinajstić information content (AvgIpc) is 2.10. The van der Waals surface area contributed by atoms with E-state index in [4.69, 9.17) is 16.2 Å². The Morgan fingerprint density at radius 2 is 2.20 bits per heavy atom. The van der Waals surface area contributed by atoms with E-state index in [1.807, 2.05) is 13.8 Å². The van der Waals surface area contributed by atoms with E-state index in [1.54, 1.807) is 0 Å². The van der Waals surface area contributed by atoms with Crippen molar-refractivity contribution in [3.63, 3.8) is 0 Å². The van der Waals surface area contributed by atoms with Gasteiger partial charge in [0.2, 0.25) is 0 Å². The Labute approximate surface area is 94.3 Å². The lowest BCUT2D eigenvalue weighted by atomic mass is 10.1. The van der Waals surface area contributed by atoms with E-state index in [1.165, 1.54) is 11.8 Å². The Kier molecular flexibility index (Phi) is 7.15. The van der Waals surface area contributed by atoms with Crippen LogP contribution in [0.25, 0.3) is 0 Å². The summed E-state index contributed by atoms with van der Waals surface area (Å²) in [7, 11) is 0. The van der Waals surface area contributed by atoms with Gasteiger partial charge in [0.05, 0.1) is 0 Å². The summed E-state index contributed by atoms with van der Waals surface area (Å²) in [5.74, 6) is -0.933. The van der Waals surface area contributed by atoms with E-state index in [0.717, 1.165) is 0 Å². The number of aliphatic carboxylic acids is 1. The minimum absolute atomic E-state index is 0.203. The lowest BCUT2D eigenvalue weighted by Crippen LogP contribution is -2.39. The molecule has 0 aromatic rings. The standard InChI is InChI=1S/C9H19N3O2S/c1-6(2)15-9(11)12-7(8(13)14)4-3-5-10/h6-7H,3-5,10H2,1-2H3,(H2,11,12)(H,13,14)/t7-/m1/s1. The zero-order chi connectivity index (χ0) is 11.8. The average molecular weight is 233 g/mol. The third kappa shape index (κ3) is 7.21. The molecule has 0 aromatic carbocycles. The highest BCUT2D eigenvalue weighted by Crippen LogP contribution is 2.10. The Morgan fingerprint density at radius 3 is 2.60 bits per heavy atom. The topological polar surface area (TPSA) is 99.2 Å². The highest BCUT2D eigenvalue weighted by atomic mass is 32.2. The van der Waals surface area contributed by atoms with Gasteiger partial charge in [-0.2, -0.15) is 0 Å². The van der Waals surface area contributed by atoms with E-state index in [-0.39, 0.29) is 10.4 Å². The number of carboxylic acid groups (broad SMARTS) is 1. The van der Waals surface area contributed by atoms with E-state index < -0.39 is 12.0 Å². The van der Waals surface area contributed by atoms with Gasteiger partial charge in [-0.1, -0.05) is 25.6 Å². The van der Waals surface area contributed by atoms with Crippen molar-refractivity contribution in [2.75, 3.05) is 6.54 Å². The molecule has 0 aliphatic heterocycles. The summed E-state index contributed by atoms with van der Waals surface area (Å²) in [5.41, 5.74) is 5.31. The van der Waals surface area contributed by atoms with Gasteiger partial charge >= 0.3 is 5.97 Å². The SMILES string of the molecule is CC(C)SC(=N)N[C@H](CCCN)C(=O)O. The molecule has 0 rings (SSSR count). The number of amidine groups is 1. The third-order valence-electron chi connectivity index (χ3n) is 1.65. The van der Waals surface area contributed by atoms with Crippen molar-refractivity contribution in [1.82, 2.24) is 5.32 Å². The van der Waals surface area contributed by atoms with Gasteiger partial charge < -0.3 is 16.2 Å². The van der Waals surface area contributed by atoms with E-state index in [2.05, 4.69) is 5.32 Å². The highest BCUT2D eigenvalue weighted by Gasteiger charge is 2.17. The summed E-state index contributed by atoms with van der Waals surface area (Å²) in [6, 6.07) is -0.702. The third-order valence-corrected chi connectivity index (χ3v) is 2.48. The first-order chi connectivity index (χ1) is 6.97.